The quantitative estimate of drug-likeness (QED) is 0.723. The fourth-order valence-electron chi connectivity index (χ4n) is 1.62. The zero-order valence-corrected chi connectivity index (χ0v) is 11.6. The number of halogens is 3. The van der Waals surface area contributed by atoms with E-state index in [9.17, 15) is 4.79 Å². The van der Waals surface area contributed by atoms with Crippen LogP contribution in [0.15, 0.2) is 42.5 Å². The highest BCUT2D eigenvalue weighted by Crippen LogP contribution is 2.24. The third kappa shape index (κ3) is 3.05. The summed E-state index contributed by atoms with van der Waals surface area (Å²) in [5, 5.41) is 1.38. The summed E-state index contributed by atoms with van der Waals surface area (Å²) >= 11 is 17.7. The van der Waals surface area contributed by atoms with Gasteiger partial charge in [-0.2, -0.15) is 0 Å². The summed E-state index contributed by atoms with van der Waals surface area (Å²) in [5.41, 5.74) is 1.33. The molecule has 0 saturated carbocycles. The van der Waals surface area contributed by atoms with Crippen molar-refractivity contribution < 1.29 is 4.79 Å². The molecule has 0 aliphatic carbocycles. The number of hydrogen-bond acceptors (Lipinski definition) is 1. The van der Waals surface area contributed by atoms with Crippen LogP contribution in [0.5, 0.6) is 0 Å². The zero-order chi connectivity index (χ0) is 13.1. The lowest BCUT2D eigenvalue weighted by molar-refractivity contribution is 0.0993. The van der Waals surface area contributed by atoms with Crippen LogP contribution in [0.4, 0.5) is 0 Å². The van der Waals surface area contributed by atoms with Crippen LogP contribution in [0.1, 0.15) is 15.9 Å². The molecule has 0 aliphatic heterocycles. The van der Waals surface area contributed by atoms with Gasteiger partial charge in [0.05, 0.1) is 15.1 Å². The maximum absolute atomic E-state index is 12.1. The van der Waals surface area contributed by atoms with Crippen molar-refractivity contribution in [3.05, 3.63) is 68.7 Å². The third-order valence-electron chi connectivity index (χ3n) is 2.52. The normalized spacial score (nSPS) is 10.4. The van der Waals surface area contributed by atoms with Crippen LogP contribution in [0.2, 0.25) is 15.1 Å². The van der Waals surface area contributed by atoms with Gasteiger partial charge in [-0.3, -0.25) is 4.79 Å². The van der Waals surface area contributed by atoms with Crippen molar-refractivity contribution in [3.8, 4) is 0 Å². The number of rotatable bonds is 3. The predicted molar refractivity (Wildman–Crippen MR) is 75.9 cm³/mol. The van der Waals surface area contributed by atoms with Crippen LogP contribution >= 0.6 is 34.8 Å². The molecule has 92 valence electrons. The lowest BCUT2D eigenvalue weighted by atomic mass is 10.0. The molecular formula is C14H9Cl3O. The molecule has 0 amide bonds. The molecule has 0 spiro atoms. The van der Waals surface area contributed by atoms with Crippen LogP contribution in [0.3, 0.4) is 0 Å². The first-order valence-electron chi connectivity index (χ1n) is 5.29. The van der Waals surface area contributed by atoms with Gasteiger partial charge in [-0.25, -0.2) is 0 Å². The number of hydrogen-bond donors (Lipinski definition) is 0. The number of Topliss-reactive ketones (excluding diaryl/α,β-unsaturated/α-hetero) is 1. The second-order valence-corrected chi connectivity index (χ2v) is 5.05. The summed E-state index contributed by atoms with van der Waals surface area (Å²) < 4.78 is 0. The Morgan fingerprint density at radius 3 is 2.28 bits per heavy atom. The van der Waals surface area contributed by atoms with E-state index in [0.29, 0.717) is 20.6 Å². The van der Waals surface area contributed by atoms with Crippen LogP contribution in [0.25, 0.3) is 0 Å². The summed E-state index contributed by atoms with van der Waals surface area (Å²) in [6, 6.07) is 12.1. The zero-order valence-electron chi connectivity index (χ0n) is 9.29. The first kappa shape index (κ1) is 13.4. The fourth-order valence-corrected chi connectivity index (χ4v) is 2.18. The van der Waals surface area contributed by atoms with Crippen LogP contribution in [-0.2, 0) is 6.42 Å². The first-order chi connectivity index (χ1) is 8.58. The Morgan fingerprint density at radius 2 is 1.61 bits per heavy atom. The lowest BCUT2D eigenvalue weighted by Gasteiger charge is -2.04. The van der Waals surface area contributed by atoms with Gasteiger partial charge >= 0.3 is 0 Å². The molecular weight excluding hydrogens is 291 g/mol. The minimum atomic E-state index is -0.0426. The molecule has 0 aromatic heterocycles. The van der Waals surface area contributed by atoms with Crippen molar-refractivity contribution in [1.29, 1.82) is 0 Å². The van der Waals surface area contributed by atoms with Crippen LogP contribution in [0, 0.1) is 0 Å². The summed E-state index contributed by atoms with van der Waals surface area (Å²) in [5.74, 6) is -0.0426. The molecule has 2 aromatic rings. The van der Waals surface area contributed by atoms with E-state index >= 15 is 0 Å². The fraction of sp³-hybridized carbons (Fsp3) is 0.0714. The molecule has 0 fully saturated rings. The Kier molecular flexibility index (Phi) is 4.28. The second kappa shape index (κ2) is 5.75. The Bertz CT molecular complexity index is 593. The van der Waals surface area contributed by atoms with Gasteiger partial charge in [-0.15, -0.1) is 0 Å². The number of carbonyl (C=O) groups excluding carboxylic acids is 1. The van der Waals surface area contributed by atoms with Crippen LogP contribution < -0.4 is 0 Å². The second-order valence-electron chi connectivity index (χ2n) is 3.83. The number of benzene rings is 2. The van der Waals surface area contributed by atoms with E-state index in [1.54, 1.807) is 42.5 Å². The van der Waals surface area contributed by atoms with E-state index in [1.807, 2.05) is 0 Å². The van der Waals surface area contributed by atoms with Crippen molar-refractivity contribution in [1.82, 2.24) is 0 Å². The summed E-state index contributed by atoms with van der Waals surface area (Å²) in [6.45, 7) is 0. The Labute approximate surface area is 120 Å². The lowest BCUT2D eigenvalue weighted by Crippen LogP contribution is -2.04. The third-order valence-corrected chi connectivity index (χ3v) is 3.59. The Balaban J connectivity index is 2.22. The van der Waals surface area contributed by atoms with E-state index in [2.05, 4.69) is 0 Å². The molecule has 0 aliphatic rings. The smallest absolute Gasteiger partial charge is 0.168 e. The summed E-state index contributed by atoms with van der Waals surface area (Å²) in [4.78, 5) is 12.1. The van der Waals surface area contributed by atoms with Crippen LogP contribution in [-0.4, -0.2) is 5.78 Å². The molecule has 4 heteroatoms. The molecule has 0 saturated heterocycles. The van der Waals surface area contributed by atoms with Crippen molar-refractivity contribution >= 4 is 40.6 Å². The van der Waals surface area contributed by atoms with Gasteiger partial charge in [-0.05, 0) is 29.8 Å². The number of ketones is 1. The van der Waals surface area contributed by atoms with Crippen molar-refractivity contribution in [2.45, 2.75) is 6.42 Å². The minimum absolute atomic E-state index is 0.0426. The molecule has 18 heavy (non-hydrogen) atoms. The number of carbonyl (C=O) groups is 1. The molecule has 0 bridgehead atoms. The molecule has 0 atom stereocenters. The van der Waals surface area contributed by atoms with E-state index in [0.717, 1.165) is 5.56 Å². The van der Waals surface area contributed by atoms with Gasteiger partial charge in [0, 0.05) is 12.0 Å². The highest BCUT2D eigenvalue weighted by atomic mass is 35.5. The molecule has 0 unspecified atom stereocenters. The molecule has 1 nitrogen and oxygen atoms in total. The van der Waals surface area contributed by atoms with Gasteiger partial charge in [0.25, 0.3) is 0 Å². The highest BCUT2D eigenvalue weighted by Gasteiger charge is 2.11. The standard InChI is InChI=1S/C14H9Cl3O/c15-11-4-2-1-3-10(11)14(18)8-9-5-6-12(16)13(17)7-9/h1-7H,8H2. The molecule has 0 heterocycles. The molecule has 2 rings (SSSR count). The van der Waals surface area contributed by atoms with Crippen molar-refractivity contribution in [2.24, 2.45) is 0 Å². The highest BCUT2D eigenvalue weighted by molar-refractivity contribution is 6.42. The van der Waals surface area contributed by atoms with E-state index < -0.39 is 0 Å². The molecule has 0 N–H and O–H groups in total. The SMILES string of the molecule is O=C(Cc1ccc(Cl)c(Cl)c1)c1ccccc1Cl. The first-order valence-corrected chi connectivity index (χ1v) is 6.43. The van der Waals surface area contributed by atoms with Gasteiger partial charge in [-0.1, -0.05) is 53.0 Å². The van der Waals surface area contributed by atoms with Gasteiger partial charge in [0.2, 0.25) is 0 Å². The van der Waals surface area contributed by atoms with Gasteiger partial charge in [0.15, 0.2) is 5.78 Å². The predicted octanol–water partition coefficient (Wildman–Crippen LogP) is 5.07. The largest absolute Gasteiger partial charge is 0.294 e. The monoisotopic (exact) mass is 298 g/mol. The van der Waals surface area contributed by atoms with Gasteiger partial charge < -0.3 is 0 Å². The summed E-state index contributed by atoms with van der Waals surface area (Å²) in [6.07, 6.45) is 0.251. The van der Waals surface area contributed by atoms with E-state index in [4.69, 9.17) is 34.8 Å². The Hall–Kier alpha value is -1.02. The van der Waals surface area contributed by atoms with Gasteiger partial charge in [0.1, 0.15) is 0 Å². The maximum Gasteiger partial charge on any atom is 0.168 e. The topological polar surface area (TPSA) is 17.1 Å². The van der Waals surface area contributed by atoms with E-state index in [-0.39, 0.29) is 12.2 Å². The van der Waals surface area contributed by atoms with Crippen molar-refractivity contribution in [3.63, 3.8) is 0 Å². The minimum Gasteiger partial charge on any atom is -0.294 e. The van der Waals surface area contributed by atoms with Crippen molar-refractivity contribution in [2.75, 3.05) is 0 Å². The maximum atomic E-state index is 12.1. The van der Waals surface area contributed by atoms with E-state index in [1.165, 1.54) is 0 Å². The molecule has 0 radical (unpaired) electrons. The average Bonchev–Trinajstić information content (AvgIpc) is 2.34. The molecule has 2 aromatic carbocycles. The Morgan fingerprint density at radius 1 is 0.889 bits per heavy atom. The average molecular weight is 300 g/mol. The summed E-state index contributed by atoms with van der Waals surface area (Å²) in [7, 11) is 0.